The Kier molecular flexibility index (Phi) is 4.09. The lowest BCUT2D eigenvalue weighted by molar-refractivity contribution is 0.489. The van der Waals surface area contributed by atoms with Gasteiger partial charge in [0.05, 0.1) is 0 Å². The highest BCUT2D eigenvalue weighted by atomic mass is 14.6. The van der Waals surface area contributed by atoms with Crippen molar-refractivity contribution < 1.29 is 0 Å². The Bertz CT molecular complexity index is 158. The van der Waals surface area contributed by atoms with Gasteiger partial charge in [0.25, 0.3) is 0 Å². The Hall–Kier alpha value is -0.590. The van der Waals surface area contributed by atoms with E-state index >= 15 is 0 Å². The number of nitrogens with zero attached hydrogens (tertiary/aromatic N) is 1. The minimum Gasteiger partial charge on any atom is -0.297 e. The Morgan fingerprint density at radius 3 is 2.18 bits per heavy atom. The third-order valence-corrected chi connectivity index (χ3v) is 1.77. The molecule has 0 aliphatic rings. The lowest BCUT2D eigenvalue weighted by Crippen LogP contribution is -2.08. The van der Waals surface area contributed by atoms with Crippen molar-refractivity contribution in [2.45, 2.75) is 34.1 Å². The van der Waals surface area contributed by atoms with E-state index in [0.717, 1.165) is 6.42 Å². The van der Waals surface area contributed by atoms with Gasteiger partial charge in [-0.25, -0.2) is 0 Å². The third kappa shape index (κ3) is 3.97. The molecule has 0 aromatic rings. The van der Waals surface area contributed by atoms with Crippen LogP contribution in [0, 0.1) is 5.41 Å². The van der Waals surface area contributed by atoms with Crippen LogP contribution in [0.2, 0.25) is 0 Å². The van der Waals surface area contributed by atoms with Crippen LogP contribution in [0.3, 0.4) is 0 Å². The molecule has 1 heteroatoms. The fraction of sp³-hybridized carbons (Fsp3) is 0.700. The minimum absolute atomic E-state index is 0.288. The van der Waals surface area contributed by atoms with E-state index in [1.165, 1.54) is 5.57 Å². The first-order chi connectivity index (χ1) is 5.02. The summed E-state index contributed by atoms with van der Waals surface area (Å²) in [5, 5.41) is 0. The highest BCUT2D eigenvalue weighted by molar-refractivity contribution is 5.72. The maximum absolute atomic E-state index is 3.94. The van der Waals surface area contributed by atoms with Crippen molar-refractivity contribution >= 4 is 6.21 Å². The van der Waals surface area contributed by atoms with Crippen LogP contribution in [-0.2, 0) is 0 Å². The first-order valence-electron chi connectivity index (χ1n) is 4.14. The van der Waals surface area contributed by atoms with Crippen molar-refractivity contribution in [1.29, 1.82) is 0 Å². The smallest absolute Gasteiger partial charge is 0.0277 e. The summed E-state index contributed by atoms with van der Waals surface area (Å²) in [6.45, 7) is 8.87. The monoisotopic (exact) mass is 153 g/mol. The van der Waals surface area contributed by atoms with Gasteiger partial charge >= 0.3 is 0 Å². The Morgan fingerprint density at radius 2 is 1.91 bits per heavy atom. The molecule has 0 radical (unpaired) electrons. The molecule has 0 bridgehead atoms. The van der Waals surface area contributed by atoms with Crippen molar-refractivity contribution in [3.8, 4) is 0 Å². The van der Waals surface area contributed by atoms with E-state index in [9.17, 15) is 0 Å². The van der Waals surface area contributed by atoms with Gasteiger partial charge in [0.15, 0.2) is 0 Å². The van der Waals surface area contributed by atoms with E-state index in [1.807, 2.05) is 6.21 Å². The molecule has 0 amide bonds. The lowest BCUT2D eigenvalue weighted by Gasteiger charge is -2.21. The molecule has 0 N–H and O–H groups in total. The molecular weight excluding hydrogens is 134 g/mol. The standard InChI is InChI=1S/C10H19N/c1-6-9(7-8-11-5)10(2,3)4/h7-8H,6H2,1-5H3/b9-7+,11-8?. The second kappa shape index (κ2) is 4.32. The van der Waals surface area contributed by atoms with Gasteiger partial charge in [0.2, 0.25) is 0 Å². The molecule has 0 aliphatic carbocycles. The van der Waals surface area contributed by atoms with Crippen LogP contribution in [0.15, 0.2) is 16.6 Å². The SMILES string of the molecule is CC/C(=C\C=NC)C(C)(C)C. The quantitative estimate of drug-likeness (QED) is 0.541. The predicted octanol–water partition coefficient (Wildman–Crippen LogP) is 3.07. The van der Waals surface area contributed by atoms with Crippen molar-refractivity contribution in [3.63, 3.8) is 0 Å². The molecule has 1 nitrogen and oxygen atoms in total. The summed E-state index contributed by atoms with van der Waals surface area (Å²) in [6, 6.07) is 0. The van der Waals surface area contributed by atoms with Gasteiger partial charge in [0, 0.05) is 13.3 Å². The molecule has 0 rings (SSSR count). The summed E-state index contributed by atoms with van der Waals surface area (Å²) in [5.74, 6) is 0. The molecule has 0 saturated heterocycles. The van der Waals surface area contributed by atoms with Crippen LogP contribution < -0.4 is 0 Å². The Morgan fingerprint density at radius 1 is 1.36 bits per heavy atom. The van der Waals surface area contributed by atoms with Crippen LogP contribution in [0.5, 0.6) is 0 Å². The Labute approximate surface area is 70.2 Å². The first kappa shape index (κ1) is 10.4. The van der Waals surface area contributed by atoms with E-state index in [4.69, 9.17) is 0 Å². The molecule has 11 heavy (non-hydrogen) atoms. The maximum atomic E-state index is 3.94. The number of aliphatic imine (C=N–C) groups is 1. The van der Waals surface area contributed by atoms with Gasteiger partial charge in [-0.05, 0) is 17.9 Å². The van der Waals surface area contributed by atoms with Crippen LogP contribution in [0.4, 0.5) is 0 Å². The van der Waals surface area contributed by atoms with Gasteiger partial charge in [-0.15, -0.1) is 0 Å². The third-order valence-electron chi connectivity index (χ3n) is 1.77. The van der Waals surface area contributed by atoms with Crippen LogP contribution in [-0.4, -0.2) is 13.3 Å². The highest BCUT2D eigenvalue weighted by Gasteiger charge is 2.13. The summed E-state index contributed by atoms with van der Waals surface area (Å²) >= 11 is 0. The molecular formula is C10H19N. The van der Waals surface area contributed by atoms with Crippen molar-refractivity contribution in [1.82, 2.24) is 0 Å². The molecule has 0 spiro atoms. The van der Waals surface area contributed by atoms with Gasteiger partial charge in [-0.3, -0.25) is 4.99 Å². The topological polar surface area (TPSA) is 12.4 Å². The fourth-order valence-electron chi connectivity index (χ4n) is 1.06. The van der Waals surface area contributed by atoms with Crippen LogP contribution in [0.25, 0.3) is 0 Å². The highest BCUT2D eigenvalue weighted by Crippen LogP contribution is 2.26. The van der Waals surface area contributed by atoms with Crippen molar-refractivity contribution in [3.05, 3.63) is 11.6 Å². The number of hydrogen-bond donors (Lipinski definition) is 0. The van der Waals surface area contributed by atoms with Gasteiger partial charge in [-0.2, -0.15) is 0 Å². The van der Waals surface area contributed by atoms with Crippen molar-refractivity contribution in [2.24, 2.45) is 10.4 Å². The van der Waals surface area contributed by atoms with Gasteiger partial charge in [0.1, 0.15) is 0 Å². The summed E-state index contributed by atoms with van der Waals surface area (Å²) in [6.07, 6.45) is 5.08. The van der Waals surface area contributed by atoms with E-state index in [1.54, 1.807) is 7.05 Å². The van der Waals surface area contributed by atoms with E-state index in [0.29, 0.717) is 0 Å². The second-order valence-corrected chi connectivity index (χ2v) is 3.70. The summed E-state index contributed by atoms with van der Waals surface area (Å²) in [5.41, 5.74) is 1.73. The molecule has 0 aromatic carbocycles. The normalized spacial score (nSPS) is 14.5. The molecule has 0 saturated carbocycles. The first-order valence-corrected chi connectivity index (χ1v) is 4.14. The molecule has 0 atom stereocenters. The van der Waals surface area contributed by atoms with Crippen LogP contribution >= 0.6 is 0 Å². The van der Waals surface area contributed by atoms with Crippen LogP contribution in [0.1, 0.15) is 34.1 Å². The number of rotatable bonds is 2. The fourth-order valence-corrected chi connectivity index (χ4v) is 1.06. The molecule has 0 fully saturated rings. The van der Waals surface area contributed by atoms with E-state index < -0.39 is 0 Å². The van der Waals surface area contributed by atoms with E-state index in [-0.39, 0.29) is 5.41 Å². The van der Waals surface area contributed by atoms with Crippen molar-refractivity contribution in [2.75, 3.05) is 7.05 Å². The largest absolute Gasteiger partial charge is 0.297 e. The average Bonchev–Trinajstić information content (AvgIpc) is 1.87. The maximum Gasteiger partial charge on any atom is 0.0277 e. The van der Waals surface area contributed by atoms with E-state index in [2.05, 4.69) is 38.8 Å². The van der Waals surface area contributed by atoms with Gasteiger partial charge < -0.3 is 0 Å². The van der Waals surface area contributed by atoms with Gasteiger partial charge in [-0.1, -0.05) is 33.3 Å². The summed E-state index contributed by atoms with van der Waals surface area (Å²) in [4.78, 5) is 3.94. The number of allylic oxidation sites excluding steroid dienone is 2. The number of hydrogen-bond acceptors (Lipinski definition) is 1. The summed E-state index contributed by atoms with van der Waals surface area (Å²) < 4.78 is 0. The minimum atomic E-state index is 0.288. The Balaban J connectivity index is 4.40. The molecule has 0 aliphatic heterocycles. The average molecular weight is 153 g/mol. The zero-order chi connectivity index (χ0) is 8.91. The second-order valence-electron chi connectivity index (χ2n) is 3.70. The predicted molar refractivity (Wildman–Crippen MR) is 52.2 cm³/mol. The molecule has 0 unspecified atom stereocenters. The zero-order valence-corrected chi connectivity index (χ0v) is 8.31. The lowest BCUT2D eigenvalue weighted by atomic mass is 9.85. The molecule has 0 heterocycles. The molecule has 0 aromatic heterocycles. The molecule has 64 valence electrons. The zero-order valence-electron chi connectivity index (χ0n) is 8.31. The summed E-state index contributed by atoms with van der Waals surface area (Å²) in [7, 11) is 1.80.